The van der Waals surface area contributed by atoms with Crippen molar-refractivity contribution in [2.45, 2.75) is 44.6 Å². The number of guanidine groups is 1. The SMILES string of the molecule is CN=C(NCCCCCc1ccccc1)NCCCOC1CCOC1.I. The standard InChI is InChI=1S/C20H33N3O2.HI/c1-21-20(23-14-8-15-25-19-12-16-24-17-19)22-13-7-3-6-11-18-9-4-2-5-10-18;/h2,4-5,9-10,19H,3,6-8,11-17H2,1H3,(H2,21,22,23);1H. The zero-order valence-corrected chi connectivity index (χ0v) is 18.2. The number of aliphatic imine (C=N–C) groups is 1. The summed E-state index contributed by atoms with van der Waals surface area (Å²) in [6.07, 6.45) is 7.11. The van der Waals surface area contributed by atoms with E-state index in [1.807, 2.05) is 7.05 Å². The molecule has 0 aromatic heterocycles. The Balaban J connectivity index is 0.00000338. The fraction of sp³-hybridized carbons (Fsp3) is 0.650. The molecule has 148 valence electrons. The van der Waals surface area contributed by atoms with E-state index in [-0.39, 0.29) is 24.0 Å². The highest BCUT2D eigenvalue weighted by Gasteiger charge is 2.15. The molecule has 1 atom stereocenters. The first-order valence-electron chi connectivity index (χ1n) is 9.56. The Kier molecular flexibility index (Phi) is 13.6. The van der Waals surface area contributed by atoms with E-state index in [0.717, 1.165) is 51.7 Å². The number of nitrogens with one attached hydrogen (secondary N) is 2. The third kappa shape index (κ3) is 10.3. The van der Waals surface area contributed by atoms with Gasteiger partial charge in [0.15, 0.2) is 5.96 Å². The number of halogens is 1. The molecule has 6 heteroatoms. The topological polar surface area (TPSA) is 54.9 Å². The summed E-state index contributed by atoms with van der Waals surface area (Å²) in [5, 5.41) is 6.72. The fourth-order valence-corrected chi connectivity index (χ4v) is 2.88. The van der Waals surface area contributed by atoms with Gasteiger partial charge in [-0.3, -0.25) is 4.99 Å². The van der Waals surface area contributed by atoms with E-state index in [9.17, 15) is 0 Å². The average Bonchev–Trinajstić information content (AvgIpc) is 3.17. The maximum atomic E-state index is 5.76. The van der Waals surface area contributed by atoms with Crippen LogP contribution in [0.2, 0.25) is 0 Å². The molecule has 1 aromatic carbocycles. The molecule has 0 radical (unpaired) electrons. The van der Waals surface area contributed by atoms with E-state index in [4.69, 9.17) is 9.47 Å². The van der Waals surface area contributed by atoms with Gasteiger partial charge in [-0.25, -0.2) is 0 Å². The summed E-state index contributed by atoms with van der Waals surface area (Å²) in [7, 11) is 1.82. The van der Waals surface area contributed by atoms with Crippen LogP contribution in [0.15, 0.2) is 35.3 Å². The molecule has 2 rings (SSSR count). The molecule has 1 aliphatic rings. The summed E-state index contributed by atoms with van der Waals surface area (Å²) >= 11 is 0. The minimum atomic E-state index is 0. The summed E-state index contributed by atoms with van der Waals surface area (Å²) < 4.78 is 11.1. The second-order valence-electron chi connectivity index (χ2n) is 6.43. The normalized spacial score (nSPS) is 17.0. The van der Waals surface area contributed by atoms with Crippen molar-refractivity contribution in [3.05, 3.63) is 35.9 Å². The second kappa shape index (κ2) is 15.2. The van der Waals surface area contributed by atoms with Crippen molar-refractivity contribution in [3.8, 4) is 0 Å². The highest BCUT2D eigenvalue weighted by atomic mass is 127. The van der Waals surface area contributed by atoms with Crippen molar-refractivity contribution in [1.82, 2.24) is 10.6 Å². The third-order valence-corrected chi connectivity index (χ3v) is 4.36. The van der Waals surface area contributed by atoms with E-state index in [1.165, 1.54) is 31.2 Å². The maximum Gasteiger partial charge on any atom is 0.190 e. The highest BCUT2D eigenvalue weighted by molar-refractivity contribution is 14.0. The molecule has 1 fully saturated rings. The van der Waals surface area contributed by atoms with Crippen LogP contribution in [-0.2, 0) is 15.9 Å². The van der Waals surface area contributed by atoms with E-state index in [2.05, 4.69) is 46.0 Å². The molecule has 2 N–H and O–H groups in total. The van der Waals surface area contributed by atoms with Gasteiger partial charge in [-0.15, -0.1) is 24.0 Å². The van der Waals surface area contributed by atoms with Crippen LogP contribution in [-0.4, -0.2) is 52.0 Å². The first-order valence-corrected chi connectivity index (χ1v) is 9.56. The molecule has 26 heavy (non-hydrogen) atoms. The van der Waals surface area contributed by atoms with Gasteiger partial charge in [0.1, 0.15) is 0 Å². The molecule has 0 saturated carbocycles. The predicted octanol–water partition coefficient (Wildman–Crippen LogP) is 3.38. The van der Waals surface area contributed by atoms with Gasteiger partial charge in [0, 0.05) is 33.4 Å². The fourth-order valence-electron chi connectivity index (χ4n) is 2.88. The minimum Gasteiger partial charge on any atom is -0.379 e. The van der Waals surface area contributed by atoms with E-state index in [0.29, 0.717) is 6.10 Å². The van der Waals surface area contributed by atoms with Crippen LogP contribution in [0.4, 0.5) is 0 Å². The molecular formula is C20H34IN3O2. The summed E-state index contributed by atoms with van der Waals surface area (Å²) in [6, 6.07) is 10.7. The lowest BCUT2D eigenvalue weighted by Crippen LogP contribution is -2.38. The molecule has 1 aliphatic heterocycles. The van der Waals surface area contributed by atoms with Crippen LogP contribution in [0.3, 0.4) is 0 Å². The van der Waals surface area contributed by atoms with Gasteiger partial charge in [0.25, 0.3) is 0 Å². The van der Waals surface area contributed by atoms with E-state index in [1.54, 1.807) is 0 Å². The van der Waals surface area contributed by atoms with Gasteiger partial charge < -0.3 is 20.1 Å². The van der Waals surface area contributed by atoms with Crippen molar-refractivity contribution in [2.75, 3.05) is 40.0 Å². The number of ether oxygens (including phenoxy) is 2. The predicted molar refractivity (Wildman–Crippen MR) is 119 cm³/mol. The van der Waals surface area contributed by atoms with Crippen LogP contribution >= 0.6 is 24.0 Å². The van der Waals surface area contributed by atoms with Crippen molar-refractivity contribution in [3.63, 3.8) is 0 Å². The molecule has 1 saturated heterocycles. The summed E-state index contributed by atoms with van der Waals surface area (Å²) in [6.45, 7) is 4.20. The van der Waals surface area contributed by atoms with Crippen LogP contribution in [0.25, 0.3) is 0 Å². The Labute approximate surface area is 175 Å². The van der Waals surface area contributed by atoms with Crippen LogP contribution in [0.1, 0.15) is 37.7 Å². The van der Waals surface area contributed by atoms with E-state index >= 15 is 0 Å². The molecule has 0 spiro atoms. The molecule has 0 aliphatic carbocycles. The Bertz CT molecular complexity index is 479. The molecule has 0 amide bonds. The van der Waals surface area contributed by atoms with Gasteiger partial charge in [-0.05, 0) is 37.7 Å². The van der Waals surface area contributed by atoms with Crippen molar-refractivity contribution in [2.24, 2.45) is 4.99 Å². The third-order valence-electron chi connectivity index (χ3n) is 4.36. The lowest BCUT2D eigenvalue weighted by atomic mass is 10.1. The monoisotopic (exact) mass is 475 g/mol. The minimum absolute atomic E-state index is 0. The number of hydrogen-bond acceptors (Lipinski definition) is 3. The number of rotatable bonds is 11. The van der Waals surface area contributed by atoms with Crippen LogP contribution in [0.5, 0.6) is 0 Å². The second-order valence-corrected chi connectivity index (χ2v) is 6.43. The lowest BCUT2D eigenvalue weighted by Gasteiger charge is -2.13. The Morgan fingerprint density at radius 1 is 1.12 bits per heavy atom. The van der Waals surface area contributed by atoms with Crippen LogP contribution < -0.4 is 10.6 Å². The van der Waals surface area contributed by atoms with E-state index < -0.39 is 0 Å². The first kappa shape index (κ1) is 23.2. The molecule has 5 nitrogen and oxygen atoms in total. The maximum absolute atomic E-state index is 5.76. The largest absolute Gasteiger partial charge is 0.379 e. The van der Waals surface area contributed by atoms with Gasteiger partial charge in [-0.2, -0.15) is 0 Å². The number of benzene rings is 1. The zero-order chi connectivity index (χ0) is 17.6. The Morgan fingerprint density at radius 3 is 2.58 bits per heavy atom. The van der Waals surface area contributed by atoms with Crippen LogP contribution in [0, 0.1) is 0 Å². The molecule has 1 unspecified atom stereocenters. The Morgan fingerprint density at radius 2 is 1.88 bits per heavy atom. The summed E-state index contributed by atoms with van der Waals surface area (Å²) in [5.74, 6) is 0.882. The smallest absolute Gasteiger partial charge is 0.190 e. The lowest BCUT2D eigenvalue weighted by molar-refractivity contribution is 0.0420. The molecule has 1 aromatic rings. The Hall–Kier alpha value is -0.860. The summed E-state index contributed by atoms with van der Waals surface area (Å²) in [5.41, 5.74) is 1.43. The van der Waals surface area contributed by atoms with Gasteiger partial charge in [0.05, 0.1) is 12.7 Å². The average molecular weight is 475 g/mol. The number of unbranched alkanes of at least 4 members (excludes halogenated alkanes) is 2. The van der Waals surface area contributed by atoms with Crippen molar-refractivity contribution < 1.29 is 9.47 Å². The van der Waals surface area contributed by atoms with Gasteiger partial charge >= 0.3 is 0 Å². The highest BCUT2D eigenvalue weighted by Crippen LogP contribution is 2.08. The molecule has 0 bridgehead atoms. The molecular weight excluding hydrogens is 441 g/mol. The van der Waals surface area contributed by atoms with Gasteiger partial charge in [0.2, 0.25) is 0 Å². The quantitative estimate of drug-likeness (QED) is 0.223. The van der Waals surface area contributed by atoms with Crippen molar-refractivity contribution >= 4 is 29.9 Å². The molecule has 1 heterocycles. The summed E-state index contributed by atoms with van der Waals surface area (Å²) in [4.78, 5) is 4.26. The first-order chi connectivity index (χ1) is 12.4. The number of aryl methyl sites for hydroxylation is 1. The van der Waals surface area contributed by atoms with Gasteiger partial charge in [-0.1, -0.05) is 36.8 Å². The zero-order valence-electron chi connectivity index (χ0n) is 15.9. The van der Waals surface area contributed by atoms with Crippen molar-refractivity contribution in [1.29, 1.82) is 0 Å². The number of nitrogens with zero attached hydrogens (tertiary/aromatic N) is 1. The number of hydrogen-bond donors (Lipinski definition) is 2.